The van der Waals surface area contributed by atoms with E-state index in [2.05, 4.69) is 46.1 Å². The lowest BCUT2D eigenvalue weighted by Crippen LogP contribution is -2.41. The number of amides is 1. The van der Waals surface area contributed by atoms with Crippen LogP contribution in [0.25, 0.3) is 11.1 Å². The van der Waals surface area contributed by atoms with E-state index in [1.807, 2.05) is 18.6 Å². The summed E-state index contributed by atoms with van der Waals surface area (Å²) in [4.78, 5) is 17.1. The minimum absolute atomic E-state index is 0.104. The molecule has 2 saturated carbocycles. The second kappa shape index (κ2) is 9.84. The third-order valence-corrected chi connectivity index (χ3v) is 8.31. The molecule has 2 unspecified atom stereocenters. The van der Waals surface area contributed by atoms with Crippen LogP contribution in [0.3, 0.4) is 0 Å². The Hall–Kier alpha value is -2.40. The highest BCUT2D eigenvalue weighted by molar-refractivity contribution is 5.93. The van der Waals surface area contributed by atoms with Crippen molar-refractivity contribution >= 4 is 17.1 Å². The van der Waals surface area contributed by atoms with Crippen molar-refractivity contribution in [1.29, 1.82) is 0 Å². The molecular weight excluding hydrogens is 410 g/mol. The maximum absolute atomic E-state index is 12.8. The predicted octanol–water partition coefficient (Wildman–Crippen LogP) is 5.37. The molecule has 2 aromatic rings. The van der Waals surface area contributed by atoms with Crippen molar-refractivity contribution in [3.63, 3.8) is 0 Å². The molecule has 2 heterocycles. The van der Waals surface area contributed by atoms with E-state index in [9.17, 15) is 9.90 Å². The van der Waals surface area contributed by atoms with Gasteiger partial charge in [0.25, 0.3) is 0 Å². The maximum Gasteiger partial charge on any atom is 0.223 e. The Kier molecular flexibility index (Phi) is 6.68. The average Bonchev–Trinajstić information content (AvgIpc) is 3.43. The van der Waals surface area contributed by atoms with Crippen molar-refractivity contribution in [3.05, 3.63) is 54.1 Å². The van der Waals surface area contributed by atoms with E-state index in [1.54, 1.807) is 0 Å². The van der Waals surface area contributed by atoms with Crippen molar-refractivity contribution in [3.8, 4) is 0 Å². The predicted molar refractivity (Wildman–Crippen MR) is 131 cm³/mol. The number of fused-ring (bicyclic) bond motifs is 1. The van der Waals surface area contributed by atoms with Crippen molar-refractivity contribution in [2.75, 3.05) is 0 Å². The van der Waals surface area contributed by atoms with Gasteiger partial charge in [-0.05, 0) is 74.5 Å². The maximum atomic E-state index is 12.8. The zero-order valence-corrected chi connectivity index (χ0v) is 19.7. The van der Waals surface area contributed by atoms with Gasteiger partial charge in [-0.1, -0.05) is 49.6 Å². The Morgan fingerprint density at radius 2 is 1.82 bits per heavy atom. The molecular formula is C28H37N3O2. The normalized spacial score (nSPS) is 26.8. The largest absolute Gasteiger partial charge is 0.393 e. The lowest BCUT2D eigenvalue weighted by Gasteiger charge is -2.33. The van der Waals surface area contributed by atoms with Crippen LogP contribution in [0.5, 0.6) is 0 Å². The first-order chi connectivity index (χ1) is 16.1. The van der Waals surface area contributed by atoms with E-state index in [4.69, 9.17) is 0 Å². The topological polar surface area (TPSA) is 67.2 Å². The monoisotopic (exact) mass is 447 g/mol. The highest BCUT2D eigenvalue weighted by Gasteiger charge is 2.36. The van der Waals surface area contributed by atoms with Gasteiger partial charge < -0.3 is 15.0 Å². The minimum atomic E-state index is -0.378. The van der Waals surface area contributed by atoms with Gasteiger partial charge in [0, 0.05) is 12.0 Å². The Bertz CT molecular complexity index is 982. The zero-order chi connectivity index (χ0) is 22.8. The van der Waals surface area contributed by atoms with Gasteiger partial charge in [-0.15, -0.1) is 0 Å². The van der Waals surface area contributed by atoms with Crippen molar-refractivity contribution in [1.82, 2.24) is 14.9 Å². The van der Waals surface area contributed by atoms with Crippen LogP contribution in [-0.4, -0.2) is 32.7 Å². The molecule has 0 spiro atoms. The molecule has 33 heavy (non-hydrogen) atoms. The number of rotatable bonds is 6. The summed E-state index contributed by atoms with van der Waals surface area (Å²) in [5.41, 5.74) is 4.92. The van der Waals surface area contributed by atoms with Gasteiger partial charge in [-0.2, -0.15) is 0 Å². The van der Waals surface area contributed by atoms with Crippen LogP contribution >= 0.6 is 0 Å². The number of hydrogen-bond donors (Lipinski definition) is 2. The fourth-order valence-electron chi connectivity index (χ4n) is 6.38. The third kappa shape index (κ3) is 4.65. The van der Waals surface area contributed by atoms with Gasteiger partial charge in [0.15, 0.2) is 0 Å². The van der Waals surface area contributed by atoms with Crippen molar-refractivity contribution < 1.29 is 9.90 Å². The molecule has 0 radical (unpaired) electrons. The zero-order valence-electron chi connectivity index (χ0n) is 19.7. The minimum Gasteiger partial charge on any atom is -0.393 e. The van der Waals surface area contributed by atoms with Crippen molar-refractivity contribution in [2.24, 2.45) is 11.8 Å². The van der Waals surface area contributed by atoms with Crippen LogP contribution in [0.2, 0.25) is 0 Å². The highest BCUT2D eigenvalue weighted by atomic mass is 16.3. The molecule has 2 aliphatic carbocycles. The molecule has 0 bridgehead atoms. The first-order valence-electron chi connectivity index (χ1n) is 12.9. The molecule has 5 heteroatoms. The van der Waals surface area contributed by atoms with Gasteiger partial charge in [0.1, 0.15) is 0 Å². The standard InChI is InChI=1S/C28H37N3O2/c1-19-25-17-29-18-31(25)24(27(19)21-8-4-2-5-9-21)16-26(32)20-12-14-22(15-13-20)28(33)30-23-10-6-3-7-11-23/h2,4-5,8-9,17-18,20,22-24,26,32H,3,6-7,10-16H2,1H3,(H,30,33). The Balaban J connectivity index is 1.21. The number of aliphatic hydroxyl groups excluding tert-OH is 1. The molecule has 1 aliphatic heterocycles. The summed E-state index contributed by atoms with van der Waals surface area (Å²) in [5, 5.41) is 14.6. The molecule has 2 fully saturated rings. The van der Waals surface area contributed by atoms with Gasteiger partial charge in [-0.3, -0.25) is 4.79 Å². The number of carbonyl (C=O) groups excluding carboxylic acids is 1. The Morgan fingerprint density at radius 3 is 2.55 bits per heavy atom. The smallest absolute Gasteiger partial charge is 0.223 e. The number of allylic oxidation sites excluding steroid dienone is 2. The number of nitrogens with zero attached hydrogens (tertiary/aromatic N) is 2. The molecule has 2 N–H and O–H groups in total. The first kappa shape index (κ1) is 22.4. The summed E-state index contributed by atoms with van der Waals surface area (Å²) in [6, 6.07) is 11.0. The second-order valence-electron chi connectivity index (χ2n) is 10.4. The molecule has 3 aliphatic rings. The summed E-state index contributed by atoms with van der Waals surface area (Å²) >= 11 is 0. The molecule has 1 aromatic heterocycles. The highest BCUT2D eigenvalue weighted by Crippen LogP contribution is 2.45. The molecule has 2 atom stereocenters. The number of imidazole rings is 1. The molecule has 176 valence electrons. The van der Waals surface area contributed by atoms with Crippen LogP contribution in [0.15, 0.2) is 42.9 Å². The molecule has 5 rings (SSSR count). The Morgan fingerprint density at radius 1 is 1.09 bits per heavy atom. The van der Waals surface area contributed by atoms with Crippen LogP contribution in [-0.2, 0) is 4.79 Å². The summed E-state index contributed by atoms with van der Waals surface area (Å²) in [6.45, 7) is 2.17. The SMILES string of the molecule is CC1=C(c2ccccc2)C(CC(O)C2CCC(C(=O)NC3CCCCC3)CC2)n2cncc21. The van der Waals surface area contributed by atoms with E-state index >= 15 is 0 Å². The molecule has 1 aromatic carbocycles. The molecule has 5 nitrogen and oxygen atoms in total. The third-order valence-electron chi connectivity index (χ3n) is 8.31. The van der Waals surface area contributed by atoms with E-state index < -0.39 is 0 Å². The lowest BCUT2D eigenvalue weighted by molar-refractivity contribution is -0.127. The van der Waals surface area contributed by atoms with Gasteiger partial charge in [0.2, 0.25) is 5.91 Å². The van der Waals surface area contributed by atoms with Crippen LogP contribution < -0.4 is 5.32 Å². The number of carbonyl (C=O) groups is 1. The van der Waals surface area contributed by atoms with Gasteiger partial charge in [0.05, 0.1) is 30.4 Å². The van der Waals surface area contributed by atoms with Gasteiger partial charge in [-0.25, -0.2) is 4.98 Å². The van der Waals surface area contributed by atoms with Crippen LogP contribution in [0.4, 0.5) is 0 Å². The number of hydrogen-bond acceptors (Lipinski definition) is 3. The fourth-order valence-corrected chi connectivity index (χ4v) is 6.38. The average molecular weight is 448 g/mol. The summed E-state index contributed by atoms with van der Waals surface area (Å²) < 4.78 is 2.23. The van der Waals surface area contributed by atoms with Crippen molar-refractivity contribution in [2.45, 2.75) is 89.3 Å². The summed E-state index contributed by atoms with van der Waals surface area (Å²) in [7, 11) is 0. The number of aromatic nitrogens is 2. The van der Waals surface area contributed by atoms with E-state index in [0.29, 0.717) is 12.5 Å². The fraction of sp³-hybridized carbons (Fsp3) is 0.571. The van der Waals surface area contributed by atoms with Crippen LogP contribution in [0, 0.1) is 11.8 Å². The number of benzene rings is 1. The second-order valence-corrected chi connectivity index (χ2v) is 10.4. The van der Waals surface area contributed by atoms with E-state index in [0.717, 1.165) is 44.2 Å². The van der Waals surface area contributed by atoms with Gasteiger partial charge >= 0.3 is 0 Å². The molecule has 0 saturated heterocycles. The summed E-state index contributed by atoms with van der Waals surface area (Å²) in [5.74, 6) is 0.622. The van der Waals surface area contributed by atoms with E-state index in [1.165, 1.54) is 36.0 Å². The summed E-state index contributed by atoms with van der Waals surface area (Å²) in [6.07, 6.45) is 13.8. The quantitative estimate of drug-likeness (QED) is 0.625. The first-order valence-corrected chi connectivity index (χ1v) is 12.9. The lowest BCUT2D eigenvalue weighted by atomic mass is 9.77. The number of aliphatic hydroxyl groups is 1. The van der Waals surface area contributed by atoms with Crippen LogP contribution in [0.1, 0.15) is 88.4 Å². The molecule has 1 amide bonds. The number of nitrogens with one attached hydrogen (secondary N) is 1. The Labute approximate surface area is 197 Å². The van der Waals surface area contributed by atoms with E-state index in [-0.39, 0.29) is 29.9 Å².